The molecule has 14 nitrogen and oxygen atoms in total. The van der Waals surface area contributed by atoms with Crippen molar-refractivity contribution in [3.63, 3.8) is 0 Å². The maximum atomic E-state index is 12.6. The summed E-state index contributed by atoms with van der Waals surface area (Å²) in [6, 6.07) is 11.7. The first-order valence-corrected chi connectivity index (χ1v) is 17.3. The van der Waals surface area contributed by atoms with E-state index < -0.39 is 23.9 Å². The fourth-order valence-corrected chi connectivity index (χ4v) is 7.14. The van der Waals surface area contributed by atoms with Crippen molar-refractivity contribution in [3.05, 3.63) is 115 Å². The van der Waals surface area contributed by atoms with E-state index in [1.165, 1.54) is 48.5 Å². The Morgan fingerprint density at radius 2 is 0.519 bits per heavy atom. The molecule has 0 amide bonds. The van der Waals surface area contributed by atoms with Crippen LogP contribution in [0.4, 0.5) is 0 Å². The predicted octanol–water partition coefficient (Wildman–Crippen LogP) is 4.73. The van der Waals surface area contributed by atoms with Gasteiger partial charge < -0.3 is 48.8 Å². The van der Waals surface area contributed by atoms with Crippen LogP contribution in [-0.4, -0.2) is 97.2 Å². The van der Waals surface area contributed by atoms with Gasteiger partial charge in [0.25, 0.3) is 0 Å². The fraction of sp³-hybridized carbons (Fsp3) is 0.300. The molecule has 0 spiro atoms. The van der Waals surface area contributed by atoms with Crippen LogP contribution in [0.25, 0.3) is 0 Å². The Bertz CT molecular complexity index is 1870. The standard InChI is InChI=1S/C40H36O14/c41-37(42)29-13-21-9-22-14-30(38(43)44)19-27-12-28-20-32(40(47)48)16-24-10-23-15-31(39(45)46)18-26(35(23)53-7-3-50-4-8-54-36(24)28)11-25(17-29)33(21)51-5-1-49-2-6-52-34(22)27/h13-20H,1-12H2,(H,41,42)(H,43,44)(H,45,46)(H,47,48). The summed E-state index contributed by atoms with van der Waals surface area (Å²) < 4.78 is 36.9. The minimum Gasteiger partial charge on any atom is -0.491 e. The van der Waals surface area contributed by atoms with Crippen LogP contribution in [0, 0.1) is 0 Å². The van der Waals surface area contributed by atoms with Gasteiger partial charge >= 0.3 is 23.9 Å². The summed E-state index contributed by atoms with van der Waals surface area (Å²) in [5, 5.41) is 41.1. The zero-order valence-electron chi connectivity index (χ0n) is 29.0. The summed E-state index contributed by atoms with van der Waals surface area (Å²) in [7, 11) is 0. The van der Waals surface area contributed by atoms with Crippen LogP contribution < -0.4 is 18.9 Å². The maximum Gasteiger partial charge on any atom is 0.335 e. The Labute approximate surface area is 308 Å². The van der Waals surface area contributed by atoms with Crippen molar-refractivity contribution in [2.24, 2.45) is 0 Å². The molecule has 54 heavy (non-hydrogen) atoms. The second-order valence-electron chi connectivity index (χ2n) is 13.0. The molecular weight excluding hydrogens is 704 g/mol. The van der Waals surface area contributed by atoms with Crippen molar-refractivity contribution in [1.82, 2.24) is 0 Å². The third-order valence-electron chi connectivity index (χ3n) is 9.38. The van der Waals surface area contributed by atoms with Crippen molar-refractivity contribution in [1.29, 1.82) is 0 Å². The van der Waals surface area contributed by atoms with Crippen molar-refractivity contribution in [2.45, 2.75) is 25.7 Å². The average Bonchev–Trinajstić information content (AvgIpc) is 3.11. The van der Waals surface area contributed by atoms with Crippen LogP contribution in [0.3, 0.4) is 0 Å². The Kier molecular flexibility index (Phi) is 10.4. The normalized spacial score (nSPS) is 15.6. The van der Waals surface area contributed by atoms with Crippen LogP contribution in [0.15, 0.2) is 48.5 Å². The number of benzene rings is 4. The molecule has 0 saturated carbocycles. The molecule has 7 rings (SSSR count). The zero-order chi connectivity index (χ0) is 37.9. The SMILES string of the molecule is O=C(O)c1cc2c3c(c1)Cc1cc(C(=O)O)cc4c1OCCOCCOc1c(cc(C(=O)O)cc1Cc1cc(C(=O)O)cc(c1OCCOCCO3)C2)C4. The summed E-state index contributed by atoms with van der Waals surface area (Å²) in [6.45, 7) is 1.01. The molecule has 4 N–H and O–H groups in total. The lowest BCUT2D eigenvalue weighted by Gasteiger charge is -2.25. The van der Waals surface area contributed by atoms with Crippen molar-refractivity contribution >= 4 is 23.9 Å². The smallest absolute Gasteiger partial charge is 0.335 e. The van der Waals surface area contributed by atoms with E-state index in [-0.39, 0.29) is 101 Å². The molecule has 0 aromatic heterocycles. The number of aromatic carboxylic acids is 4. The molecule has 0 atom stereocenters. The Morgan fingerprint density at radius 1 is 0.333 bits per heavy atom. The topological polar surface area (TPSA) is 205 Å². The van der Waals surface area contributed by atoms with E-state index in [4.69, 9.17) is 28.4 Å². The van der Waals surface area contributed by atoms with E-state index in [9.17, 15) is 39.6 Å². The van der Waals surface area contributed by atoms with Crippen LogP contribution in [0.5, 0.6) is 23.0 Å². The monoisotopic (exact) mass is 740 g/mol. The van der Waals surface area contributed by atoms with Gasteiger partial charge in [0.2, 0.25) is 0 Å². The first-order valence-electron chi connectivity index (χ1n) is 17.3. The van der Waals surface area contributed by atoms with Gasteiger partial charge in [-0.2, -0.15) is 0 Å². The molecule has 280 valence electrons. The predicted molar refractivity (Wildman–Crippen MR) is 188 cm³/mol. The van der Waals surface area contributed by atoms with Crippen LogP contribution in [0.2, 0.25) is 0 Å². The molecule has 3 aliphatic rings. The van der Waals surface area contributed by atoms with Gasteiger partial charge in [0, 0.05) is 25.7 Å². The number of carboxylic acids is 4. The zero-order valence-corrected chi connectivity index (χ0v) is 29.0. The molecule has 4 aromatic carbocycles. The lowest BCUT2D eigenvalue weighted by atomic mass is 9.88. The highest BCUT2D eigenvalue weighted by Crippen LogP contribution is 2.41. The van der Waals surface area contributed by atoms with E-state index in [1.807, 2.05) is 0 Å². The summed E-state index contributed by atoms with van der Waals surface area (Å²) in [6.07, 6.45) is -0.109. The molecule has 1 aliphatic carbocycles. The van der Waals surface area contributed by atoms with E-state index in [1.54, 1.807) is 0 Å². The second kappa shape index (κ2) is 15.5. The summed E-state index contributed by atoms with van der Waals surface area (Å²) >= 11 is 0. The summed E-state index contributed by atoms with van der Waals surface area (Å²) in [4.78, 5) is 50.4. The van der Waals surface area contributed by atoms with Gasteiger partial charge in [0.15, 0.2) is 0 Å². The van der Waals surface area contributed by atoms with Gasteiger partial charge in [-0.3, -0.25) is 0 Å². The van der Waals surface area contributed by atoms with Crippen molar-refractivity contribution in [3.8, 4) is 23.0 Å². The minimum absolute atomic E-state index is 0.0152. The number of ether oxygens (including phenoxy) is 6. The van der Waals surface area contributed by atoms with Crippen LogP contribution in [-0.2, 0) is 35.2 Å². The molecule has 0 radical (unpaired) electrons. The molecule has 2 aliphatic heterocycles. The van der Waals surface area contributed by atoms with E-state index >= 15 is 0 Å². The van der Waals surface area contributed by atoms with Gasteiger partial charge in [0.05, 0.1) is 48.7 Å². The minimum atomic E-state index is -1.22. The molecular formula is C40H36O14. The fourth-order valence-electron chi connectivity index (χ4n) is 7.14. The largest absolute Gasteiger partial charge is 0.491 e. The number of hydrogen-bond donors (Lipinski definition) is 4. The third-order valence-corrected chi connectivity index (χ3v) is 9.38. The summed E-state index contributed by atoms with van der Waals surface area (Å²) in [5.41, 5.74) is 2.98. The molecule has 0 fully saturated rings. The first kappa shape index (κ1) is 36.2. The second-order valence-corrected chi connectivity index (χ2v) is 13.0. The van der Waals surface area contributed by atoms with Gasteiger partial charge in [0.1, 0.15) is 49.4 Å². The Hall–Kier alpha value is -6.12. The lowest BCUT2D eigenvalue weighted by molar-refractivity contribution is 0.0684. The first-order chi connectivity index (χ1) is 26.0. The quantitative estimate of drug-likeness (QED) is 0.197. The summed E-state index contributed by atoms with van der Waals surface area (Å²) in [5.74, 6) is -3.59. The van der Waals surface area contributed by atoms with Crippen molar-refractivity contribution in [2.75, 3.05) is 52.9 Å². The highest BCUT2D eigenvalue weighted by molar-refractivity contribution is 5.91. The Morgan fingerprint density at radius 3 is 0.685 bits per heavy atom. The Balaban J connectivity index is 1.60. The van der Waals surface area contributed by atoms with Gasteiger partial charge in [-0.05, 0) is 93.0 Å². The molecule has 2 heterocycles. The molecule has 0 saturated heterocycles. The van der Waals surface area contributed by atoms with Gasteiger partial charge in [-0.15, -0.1) is 0 Å². The number of hydrogen-bond acceptors (Lipinski definition) is 10. The molecule has 12 bridgehead atoms. The number of rotatable bonds is 4. The van der Waals surface area contributed by atoms with Crippen LogP contribution >= 0.6 is 0 Å². The number of carbonyl (C=O) groups is 4. The lowest BCUT2D eigenvalue weighted by Crippen LogP contribution is -2.18. The molecule has 0 unspecified atom stereocenters. The highest BCUT2D eigenvalue weighted by atomic mass is 16.6. The molecule has 14 heteroatoms. The van der Waals surface area contributed by atoms with E-state index in [0.29, 0.717) is 67.5 Å². The number of carboxylic acid groups (broad SMARTS) is 4. The maximum absolute atomic E-state index is 12.6. The van der Waals surface area contributed by atoms with Gasteiger partial charge in [-0.1, -0.05) is 0 Å². The van der Waals surface area contributed by atoms with E-state index in [0.717, 1.165) is 0 Å². The third kappa shape index (κ3) is 7.65. The van der Waals surface area contributed by atoms with Gasteiger partial charge in [-0.25, -0.2) is 19.2 Å². The van der Waals surface area contributed by atoms with E-state index in [2.05, 4.69) is 0 Å². The molecule has 4 aromatic rings. The highest BCUT2D eigenvalue weighted by Gasteiger charge is 2.27. The van der Waals surface area contributed by atoms with Crippen LogP contribution in [0.1, 0.15) is 85.9 Å². The average molecular weight is 741 g/mol. The van der Waals surface area contributed by atoms with Crippen molar-refractivity contribution < 1.29 is 68.0 Å².